The Labute approximate surface area is 175 Å². The number of rotatable bonds is 7. The molecule has 3 heterocycles. The molecule has 150 valence electrons. The molecule has 0 saturated carbocycles. The van der Waals surface area contributed by atoms with Crippen LogP contribution in [0.5, 0.6) is 5.75 Å². The van der Waals surface area contributed by atoms with Crippen molar-refractivity contribution in [2.24, 2.45) is 0 Å². The molecular formula is C24H23N5O. The first-order valence-corrected chi connectivity index (χ1v) is 9.86. The molecule has 4 rings (SSSR count). The van der Waals surface area contributed by atoms with Crippen LogP contribution in [0.3, 0.4) is 0 Å². The lowest BCUT2D eigenvalue weighted by Gasteiger charge is -2.11. The van der Waals surface area contributed by atoms with Gasteiger partial charge in [-0.15, -0.1) is 0 Å². The van der Waals surface area contributed by atoms with Crippen LogP contribution >= 0.6 is 0 Å². The molecule has 3 aromatic heterocycles. The van der Waals surface area contributed by atoms with Crippen LogP contribution in [0.4, 0.5) is 0 Å². The fourth-order valence-electron chi connectivity index (χ4n) is 3.45. The Morgan fingerprint density at radius 2 is 1.93 bits per heavy atom. The minimum absolute atomic E-state index is 0.527. The molecule has 0 radical (unpaired) electrons. The molecule has 0 fully saturated rings. The van der Waals surface area contributed by atoms with E-state index in [-0.39, 0.29) is 0 Å². The van der Waals surface area contributed by atoms with E-state index in [1.807, 2.05) is 48.7 Å². The average molecular weight is 397 g/mol. The molecule has 6 nitrogen and oxygen atoms in total. The van der Waals surface area contributed by atoms with Gasteiger partial charge in [0.25, 0.3) is 0 Å². The number of hydrogen-bond acceptors (Lipinski definition) is 5. The molecule has 0 bridgehead atoms. The Morgan fingerprint density at radius 3 is 2.63 bits per heavy atom. The Balaban J connectivity index is 1.69. The van der Waals surface area contributed by atoms with E-state index >= 15 is 0 Å². The zero-order valence-corrected chi connectivity index (χ0v) is 17.1. The van der Waals surface area contributed by atoms with Crippen molar-refractivity contribution in [2.75, 3.05) is 27.2 Å². The molecule has 30 heavy (non-hydrogen) atoms. The number of pyridine rings is 2. The van der Waals surface area contributed by atoms with Crippen molar-refractivity contribution in [2.45, 2.75) is 6.42 Å². The van der Waals surface area contributed by atoms with Crippen LogP contribution in [0.2, 0.25) is 0 Å². The monoisotopic (exact) mass is 397 g/mol. The summed E-state index contributed by atoms with van der Waals surface area (Å²) < 4.78 is 5.86. The third-order valence-corrected chi connectivity index (χ3v) is 4.89. The highest BCUT2D eigenvalue weighted by Gasteiger charge is 2.16. The second kappa shape index (κ2) is 8.76. The zero-order chi connectivity index (χ0) is 20.9. The summed E-state index contributed by atoms with van der Waals surface area (Å²) in [7, 11) is 4.12. The predicted molar refractivity (Wildman–Crippen MR) is 118 cm³/mol. The number of fused-ring (bicyclic) bond motifs is 1. The molecule has 0 aliphatic heterocycles. The molecule has 0 aliphatic rings. The Hall–Kier alpha value is -3.69. The lowest BCUT2D eigenvalue weighted by atomic mass is 10.00. The first-order chi connectivity index (χ1) is 14.7. The van der Waals surface area contributed by atoms with Crippen molar-refractivity contribution in [3.05, 3.63) is 66.6 Å². The van der Waals surface area contributed by atoms with E-state index < -0.39 is 0 Å². The van der Waals surface area contributed by atoms with Gasteiger partial charge in [-0.05, 0) is 62.5 Å². The maximum Gasteiger partial charge on any atom is 0.138 e. The topological polar surface area (TPSA) is 77.8 Å². The summed E-state index contributed by atoms with van der Waals surface area (Å²) in [6.07, 6.45) is 6.14. The summed E-state index contributed by atoms with van der Waals surface area (Å²) in [5.74, 6) is 0.849. The number of ether oxygens (including phenoxy) is 1. The van der Waals surface area contributed by atoms with E-state index in [2.05, 4.69) is 40.0 Å². The van der Waals surface area contributed by atoms with E-state index in [1.54, 1.807) is 12.4 Å². The number of nitrogens with zero attached hydrogens (tertiary/aromatic N) is 4. The normalized spacial score (nSPS) is 11.0. The largest absolute Gasteiger partial charge is 0.494 e. The zero-order valence-electron chi connectivity index (χ0n) is 17.1. The van der Waals surface area contributed by atoms with Crippen LogP contribution in [-0.2, 0) is 0 Å². The Morgan fingerprint density at radius 1 is 1.10 bits per heavy atom. The summed E-state index contributed by atoms with van der Waals surface area (Å²) in [6.45, 7) is 1.69. The second-order valence-corrected chi connectivity index (χ2v) is 7.38. The van der Waals surface area contributed by atoms with Gasteiger partial charge in [0, 0.05) is 41.6 Å². The lowest BCUT2D eigenvalue weighted by molar-refractivity contribution is 0.281. The highest BCUT2D eigenvalue weighted by molar-refractivity contribution is 6.02. The molecule has 4 aromatic rings. The molecule has 0 spiro atoms. The number of aromatic nitrogens is 3. The number of nitrogens with one attached hydrogen (secondary N) is 1. The SMILES string of the molecule is CN(C)CCCOc1ccc(-c2[nH]c3ncc(C#N)cc3c2-c2cccnc2)cc1. The lowest BCUT2D eigenvalue weighted by Crippen LogP contribution is -2.15. The van der Waals surface area contributed by atoms with E-state index in [0.717, 1.165) is 52.1 Å². The van der Waals surface area contributed by atoms with Gasteiger partial charge < -0.3 is 14.6 Å². The molecule has 0 unspecified atom stereocenters. The summed E-state index contributed by atoms with van der Waals surface area (Å²) >= 11 is 0. The van der Waals surface area contributed by atoms with Crippen molar-refractivity contribution in [3.8, 4) is 34.2 Å². The summed E-state index contributed by atoms with van der Waals surface area (Å²) in [5, 5.41) is 10.2. The predicted octanol–water partition coefficient (Wildman–Crippen LogP) is 4.49. The van der Waals surface area contributed by atoms with Gasteiger partial charge >= 0.3 is 0 Å². The van der Waals surface area contributed by atoms with Gasteiger partial charge in [-0.3, -0.25) is 4.98 Å². The maximum atomic E-state index is 9.30. The fraction of sp³-hybridized carbons (Fsp3) is 0.208. The van der Waals surface area contributed by atoms with Gasteiger partial charge in [-0.25, -0.2) is 4.98 Å². The van der Waals surface area contributed by atoms with Crippen molar-refractivity contribution in [1.29, 1.82) is 5.26 Å². The van der Waals surface area contributed by atoms with Crippen LogP contribution in [0.25, 0.3) is 33.4 Å². The van der Waals surface area contributed by atoms with Crippen LogP contribution in [-0.4, -0.2) is 47.1 Å². The van der Waals surface area contributed by atoms with Crippen molar-refractivity contribution >= 4 is 11.0 Å². The Kier molecular flexibility index (Phi) is 5.73. The van der Waals surface area contributed by atoms with Gasteiger partial charge in [0.15, 0.2) is 0 Å². The second-order valence-electron chi connectivity index (χ2n) is 7.38. The first-order valence-electron chi connectivity index (χ1n) is 9.86. The van der Waals surface area contributed by atoms with Gasteiger partial charge in [0.05, 0.1) is 17.9 Å². The third-order valence-electron chi connectivity index (χ3n) is 4.89. The van der Waals surface area contributed by atoms with Crippen molar-refractivity contribution in [3.63, 3.8) is 0 Å². The number of hydrogen-bond donors (Lipinski definition) is 1. The molecule has 0 saturated heterocycles. The van der Waals surface area contributed by atoms with Gasteiger partial charge in [0.2, 0.25) is 0 Å². The van der Waals surface area contributed by atoms with Crippen molar-refractivity contribution in [1.82, 2.24) is 19.9 Å². The number of nitriles is 1. The quantitative estimate of drug-likeness (QED) is 0.465. The summed E-state index contributed by atoms with van der Waals surface area (Å²) in [4.78, 5) is 14.3. The van der Waals surface area contributed by atoms with Gasteiger partial charge in [0.1, 0.15) is 17.5 Å². The van der Waals surface area contributed by atoms with Crippen LogP contribution in [0.15, 0.2) is 61.1 Å². The van der Waals surface area contributed by atoms with E-state index in [9.17, 15) is 5.26 Å². The van der Waals surface area contributed by atoms with Crippen LogP contribution < -0.4 is 4.74 Å². The van der Waals surface area contributed by atoms with Crippen LogP contribution in [0.1, 0.15) is 12.0 Å². The number of benzene rings is 1. The minimum atomic E-state index is 0.527. The van der Waals surface area contributed by atoms with E-state index in [0.29, 0.717) is 12.2 Å². The van der Waals surface area contributed by atoms with E-state index in [4.69, 9.17) is 4.74 Å². The average Bonchev–Trinajstić information content (AvgIpc) is 3.16. The molecule has 0 atom stereocenters. The highest BCUT2D eigenvalue weighted by atomic mass is 16.5. The third kappa shape index (κ3) is 4.17. The van der Waals surface area contributed by atoms with Gasteiger partial charge in [-0.1, -0.05) is 6.07 Å². The minimum Gasteiger partial charge on any atom is -0.494 e. The summed E-state index contributed by atoms with van der Waals surface area (Å²) in [6, 6.07) is 16.0. The molecule has 1 N–H and O–H groups in total. The standard InChI is InChI=1S/C24H23N5O/c1-29(2)11-4-12-30-20-8-6-18(7-9-20)23-22(19-5-3-10-26-16-19)21-13-17(14-25)15-27-24(21)28-23/h3,5-10,13,15-16H,4,11-12H2,1-2H3,(H,27,28). The van der Waals surface area contributed by atoms with Crippen LogP contribution in [0, 0.1) is 11.3 Å². The molecule has 6 heteroatoms. The number of H-pyrrole nitrogens is 1. The Bertz CT molecular complexity index is 1170. The molecule has 0 aliphatic carbocycles. The smallest absolute Gasteiger partial charge is 0.138 e. The number of aromatic amines is 1. The van der Waals surface area contributed by atoms with E-state index in [1.165, 1.54) is 0 Å². The molecule has 1 aromatic carbocycles. The molecular weight excluding hydrogens is 374 g/mol. The fourth-order valence-corrected chi connectivity index (χ4v) is 3.45. The van der Waals surface area contributed by atoms with Gasteiger partial charge in [-0.2, -0.15) is 5.26 Å². The summed E-state index contributed by atoms with van der Waals surface area (Å²) in [5.41, 5.74) is 5.19. The first kappa shape index (κ1) is 19.6. The van der Waals surface area contributed by atoms with Crippen molar-refractivity contribution < 1.29 is 4.74 Å². The highest BCUT2D eigenvalue weighted by Crippen LogP contribution is 2.38. The molecule has 0 amide bonds. The maximum absolute atomic E-state index is 9.30.